The van der Waals surface area contributed by atoms with Crippen LogP contribution in [0.5, 0.6) is 0 Å². The van der Waals surface area contributed by atoms with Gasteiger partial charge in [-0.1, -0.05) is 37.1 Å². The number of carbonyl (C=O) groups is 1. The third-order valence-corrected chi connectivity index (χ3v) is 7.61. The largest absolute Gasteiger partial charge is 0.353 e. The first-order chi connectivity index (χ1) is 15.1. The highest BCUT2D eigenvalue weighted by Crippen LogP contribution is 2.34. The van der Waals surface area contributed by atoms with Gasteiger partial charge in [-0.2, -0.15) is 0 Å². The summed E-state index contributed by atoms with van der Waals surface area (Å²) in [5.74, 6) is 0.661. The molecule has 7 heteroatoms. The Morgan fingerprint density at radius 2 is 1.97 bits per heavy atom. The lowest BCUT2D eigenvalue weighted by Gasteiger charge is -2.33. The molecule has 162 valence electrons. The fourth-order valence-corrected chi connectivity index (χ4v) is 5.80. The number of carbonyl (C=O) groups excluding carboxylic acids is 1. The van der Waals surface area contributed by atoms with Crippen molar-refractivity contribution in [2.45, 2.75) is 51.5 Å². The molecular formula is C24H28N4O2S. The van der Waals surface area contributed by atoms with Crippen molar-refractivity contribution in [3.8, 4) is 11.1 Å². The Hall–Kier alpha value is -2.67. The number of amides is 1. The zero-order valence-electron chi connectivity index (χ0n) is 17.8. The number of aromatic nitrogens is 2. The van der Waals surface area contributed by atoms with Gasteiger partial charge in [0.15, 0.2) is 0 Å². The number of hydrogen-bond donors (Lipinski definition) is 2. The zero-order valence-corrected chi connectivity index (χ0v) is 18.6. The molecule has 1 aromatic carbocycles. The van der Waals surface area contributed by atoms with Gasteiger partial charge < -0.3 is 10.2 Å². The second kappa shape index (κ2) is 8.46. The summed E-state index contributed by atoms with van der Waals surface area (Å²) in [6.45, 7) is 3.47. The summed E-state index contributed by atoms with van der Waals surface area (Å²) in [7, 11) is 0. The number of nitrogens with one attached hydrogen (secondary N) is 2. The minimum Gasteiger partial charge on any atom is -0.353 e. The maximum absolute atomic E-state index is 12.8. The summed E-state index contributed by atoms with van der Waals surface area (Å²) in [5, 5.41) is 5.26. The number of piperidine rings is 1. The summed E-state index contributed by atoms with van der Waals surface area (Å²) in [4.78, 5) is 35.6. The normalized spacial score (nSPS) is 19.8. The van der Waals surface area contributed by atoms with Gasteiger partial charge in [-0.05, 0) is 43.7 Å². The fourth-order valence-electron chi connectivity index (χ4n) is 4.90. The van der Waals surface area contributed by atoms with Crippen molar-refractivity contribution in [2.24, 2.45) is 5.92 Å². The average molecular weight is 437 g/mol. The molecule has 2 aliphatic rings. The molecular weight excluding hydrogens is 408 g/mol. The minimum atomic E-state index is -0.109. The zero-order chi connectivity index (χ0) is 21.4. The van der Waals surface area contributed by atoms with Crippen LogP contribution in [0, 0.1) is 12.8 Å². The topological polar surface area (TPSA) is 78.1 Å². The third kappa shape index (κ3) is 3.99. The Labute approximate surface area is 185 Å². The number of thiophene rings is 1. The van der Waals surface area contributed by atoms with Crippen LogP contribution in [0.1, 0.15) is 44.1 Å². The molecule has 2 N–H and O–H groups in total. The predicted molar refractivity (Wildman–Crippen MR) is 126 cm³/mol. The predicted octanol–water partition coefficient (Wildman–Crippen LogP) is 4.24. The van der Waals surface area contributed by atoms with Crippen LogP contribution in [-0.2, 0) is 4.79 Å². The summed E-state index contributed by atoms with van der Waals surface area (Å²) in [6, 6.07) is 8.51. The van der Waals surface area contributed by atoms with Crippen LogP contribution < -0.4 is 15.8 Å². The Morgan fingerprint density at radius 1 is 1.16 bits per heavy atom. The van der Waals surface area contributed by atoms with Crippen molar-refractivity contribution in [3.63, 3.8) is 0 Å². The first-order valence-electron chi connectivity index (χ1n) is 11.2. The van der Waals surface area contributed by atoms with Crippen LogP contribution in [0.25, 0.3) is 21.3 Å². The van der Waals surface area contributed by atoms with E-state index in [9.17, 15) is 9.59 Å². The molecule has 6 nitrogen and oxygen atoms in total. The molecule has 0 radical (unpaired) electrons. The Balaban J connectivity index is 1.43. The molecule has 1 aliphatic heterocycles. The minimum absolute atomic E-state index is 0.0614. The molecule has 2 fully saturated rings. The van der Waals surface area contributed by atoms with Gasteiger partial charge in [0.25, 0.3) is 5.56 Å². The number of fused-ring (bicyclic) bond motifs is 1. The van der Waals surface area contributed by atoms with E-state index in [1.54, 1.807) is 0 Å². The van der Waals surface area contributed by atoms with E-state index in [4.69, 9.17) is 4.98 Å². The van der Waals surface area contributed by atoms with E-state index in [0.29, 0.717) is 23.2 Å². The number of nitrogens with zero attached hydrogens (tertiary/aromatic N) is 2. The lowest BCUT2D eigenvalue weighted by Crippen LogP contribution is -2.46. The smallest absolute Gasteiger partial charge is 0.270 e. The summed E-state index contributed by atoms with van der Waals surface area (Å²) in [5.41, 5.74) is 3.90. The van der Waals surface area contributed by atoms with Gasteiger partial charge in [0.1, 0.15) is 4.70 Å². The number of aromatic amines is 1. The Kier molecular flexibility index (Phi) is 5.52. The lowest BCUT2D eigenvalue weighted by atomic mass is 9.97. The van der Waals surface area contributed by atoms with E-state index in [1.165, 1.54) is 24.2 Å². The molecule has 1 atom stereocenters. The first-order valence-corrected chi connectivity index (χ1v) is 12.1. The SMILES string of the molecule is Cc1ccccc1-c1csc2c(=O)[nH]c(N3CCCC(C(=O)NC4CCCC4)C3)nc12. The van der Waals surface area contributed by atoms with Gasteiger partial charge in [0.2, 0.25) is 11.9 Å². The van der Waals surface area contributed by atoms with E-state index < -0.39 is 0 Å². The van der Waals surface area contributed by atoms with E-state index >= 15 is 0 Å². The van der Waals surface area contributed by atoms with Crippen LogP contribution in [0.3, 0.4) is 0 Å². The van der Waals surface area contributed by atoms with Crippen LogP contribution in [-0.4, -0.2) is 35.0 Å². The molecule has 1 saturated carbocycles. The maximum Gasteiger partial charge on any atom is 0.270 e. The molecule has 1 unspecified atom stereocenters. The summed E-state index contributed by atoms with van der Waals surface area (Å²) < 4.78 is 0.648. The van der Waals surface area contributed by atoms with Crippen molar-refractivity contribution in [1.29, 1.82) is 0 Å². The summed E-state index contributed by atoms with van der Waals surface area (Å²) in [6.07, 6.45) is 6.39. The number of benzene rings is 1. The van der Waals surface area contributed by atoms with Crippen molar-refractivity contribution in [3.05, 3.63) is 45.6 Å². The van der Waals surface area contributed by atoms with Gasteiger partial charge in [-0.3, -0.25) is 14.6 Å². The number of aryl methyl sites for hydroxylation is 1. The number of anilines is 1. The standard InChI is InChI=1S/C24H28N4O2S/c1-15-7-2-5-11-18(15)19-14-31-21-20(19)26-24(27-23(21)30)28-12-6-8-16(13-28)22(29)25-17-9-3-4-10-17/h2,5,7,11,14,16-17H,3-4,6,8-10,12-13H2,1H3,(H,25,29)(H,26,27,30). The van der Waals surface area contributed by atoms with Crippen LogP contribution in [0.2, 0.25) is 0 Å². The van der Waals surface area contributed by atoms with Gasteiger partial charge in [0.05, 0.1) is 11.4 Å². The van der Waals surface area contributed by atoms with E-state index in [2.05, 4.69) is 34.3 Å². The van der Waals surface area contributed by atoms with Crippen LogP contribution in [0.4, 0.5) is 5.95 Å². The van der Waals surface area contributed by atoms with Gasteiger partial charge in [0, 0.05) is 30.1 Å². The van der Waals surface area contributed by atoms with Crippen LogP contribution >= 0.6 is 11.3 Å². The van der Waals surface area contributed by atoms with Crippen molar-refractivity contribution < 1.29 is 4.79 Å². The number of hydrogen-bond acceptors (Lipinski definition) is 5. The molecule has 1 amide bonds. The van der Waals surface area contributed by atoms with Crippen molar-refractivity contribution in [2.75, 3.05) is 18.0 Å². The molecule has 2 aromatic heterocycles. The molecule has 5 rings (SSSR count). The monoisotopic (exact) mass is 436 g/mol. The highest BCUT2D eigenvalue weighted by Gasteiger charge is 2.29. The van der Waals surface area contributed by atoms with Gasteiger partial charge >= 0.3 is 0 Å². The average Bonchev–Trinajstić information content (AvgIpc) is 3.44. The molecule has 3 heterocycles. The highest BCUT2D eigenvalue weighted by molar-refractivity contribution is 7.17. The van der Waals surface area contributed by atoms with Crippen molar-refractivity contribution >= 4 is 33.4 Å². The van der Waals surface area contributed by atoms with Gasteiger partial charge in [-0.25, -0.2) is 4.98 Å². The molecule has 31 heavy (non-hydrogen) atoms. The van der Waals surface area contributed by atoms with Crippen LogP contribution in [0.15, 0.2) is 34.4 Å². The quantitative estimate of drug-likeness (QED) is 0.641. The second-order valence-electron chi connectivity index (χ2n) is 8.81. The molecule has 1 saturated heterocycles. The molecule has 0 bridgehead atoms. The maximum atomic E-state index is 12.8. The second-order valence-corrected chi connectivity index (χ2v) is 9.69. The Morgan fingerprint density at radius 3 is 2.77 bits per heavy atom. The Bertz CT molecular complexity index is 1160. The molecule has 3 aromatic rings. The lowest BCUT2D eigenvalue weighted by molar-refractivity contribution is -0.125. The van der Waals surface area contributed by atoms with Crippen molar-refractivity contribution in [1.82, 2.24) is 15.3 Å². The number of H-pyrrole nitrogens is 1. The third-order valence-electron chi connectivity index (χ3n) is 6.64. The van der Waals surface area contributed by atoms with E-state index in [1.807, 2.05) is 17.5 Å². The highest BCUT2D eigenvalue weighted by atomic mass is 32.1. The molecule has 0 spiro atoms. The van der Waals surface area contributed by atoms with E-state index in [-0.39, 0.29) is 17.4 Å². The number of rotatable bonds is 4. The molecule has 1 aliphatic carbocycles. The first kappa shape index (κ1) is 20.2. The van der Waals surface area contributed by atoms with Gasteiger partial charge in [-0.15, -0.1) is 11.3 Å². The van der Waals surface area contributed by atoms with E-state index in [0.717, 1.165) is 54.4 Å². The summed E-state index contributed by atoms with van der Waals surface area (Å²) >= 11 is 1.43. The fraction of sp³-hybridized carbons (Fsp3) is 0.458.